The molecule has 4 rings (SSSR count). The van der Waals surface area contributed by atoms with Crippen LogP contribution in [0.15, 0.2) is 66.9 Å². The van der Waals surface area contributed by atoms with Crippen molar-refractivity contribution in [2.45, 2.75) is 18.9 Å². The lowest BCUT2D eigenvalue weighted by atomic mass is 10.0. The normalized spacial score (nSPS) is 15.0. The lowest BCUT2D eigenvalue weighted by Crippen LogP contribution is -2.46. The summed E-state index contributed by atoms with van der Waals surface area (Å²) >= 11 is 5.45. The molecule has 0 spiro atoms. The summed E-state index contributed by atoms with van der Waals surface area (Å²) in [4.78, 5) is 7.02. The smallest absolute Gasteiger partial charge is 0.170 e. The first kappa shape index (κ1) is 16.8. The van der Waals surface area contributed by atoms with Crippen molar-refractivity contribution >= 4 is 39.6 Å². The minimum absolute atomic E-state index is 0.393. The van der Waals surface area contributed by atoms with Crippen molar-refractivity contribution in [1.29, 1.82) is 0 Å². The third-order valence-corrected chi connectivity index (χ3v) is 5.03. The fourth-order valence-electron chi connectivity index (χ4n) is 3.47. The van der Waals surface area contributed by atoms with E-state index in [-0.39, 0.29) is 0 Å². The Morgan fingerprint density at radius 3 is 2.50 bits per heavy atom. The highest BCUT2D eigenvalue weighted by Gasteiger charge is 2.21. The third kappa shape index (κ3) is 3.78. The van der Waals surface area contributed by atoms with Crippen molar-refractivity contribution in [3.05, 3.63) is 66.9 Å². The second kappa shape index (κ2) is 7.70. The molecule has 0 amide bonds. The Morgan fingerprint density at radius 2 is 1.69 bits per heavy atom. The zero-order chi connectivity index (χ0) is 17.8. The number of piperidine rings is 1. The topological polar surface area (TPSA) is 40.2 Å². The molecule has 2 N–H and O–H groups in total. The Hall–Kier alpha value is -2.66. The van der Waals surface area contributed by atoms with Crippen molar-refractivity contribution in [3.63, 3.8) is 0 Å². The van der Waals surface area contributed by atoms with E-state index in [1.165, 1.54) is 10.8 Å². The summed E-state index contributed by atoms with van der Waals surface area (Å²) in [5, 5.41) is 9.86. The molecule has 0 atom stereocenters. The van der Waals surface area contributed by atoms with E-state index in [0.29, 0.717) is 11.2 Å². The van der Waals surface area contributed by atoms with Gasteiger partial charge in [-0.25, -0.2) is 4.98 Å². The van der Waals surface area contributed by atoms with Crippen LogP contribution in [0.2, 0.25) is 0 Å². The highest BCUT2D eigenvalue weighted by molar-refractivity contribution is 7.80. The Morgan fingerprint density at radius 1 is 0.962 bits per heavy atom. The highest BCUT2D eigenvalue weighted by Crippen LogP contribution is 2.26. The van der Waals surface area contributed by atoms with Crippen LogP contribution in [0.1, 0.15) is 12.8 Å². The first-order valence-electron chi connectivity index (χ1n) is 9.01. The fourth-order valence-corrected chi connectivity index (χ4v) is 3.75. The number of para-hydroxylation sites is 1. The predicted octanol–water partition coefficient (Wildman–Crippen LogP) is 4.19. The van der Waals surface area contributed by atoms with Crippen LogP contribution in [0.25, 0.3) is 10.8 Å². The third-order valence-electron chi connectivity index (χ3n) is 4.81. The molecule has 0 aliphatic carbocycles. The van der Waals surface area contributed by atoms with Crippen molar-refractivity contribution in [2.75, 3.05) is 23.3 Å². The lowest BCUT2D eigenvalue weighted by Gasteiger charge is -2.34. The molecule has 132 valence electrons. The number of hydrogen-bond acceptors (Lipinski definition) is 3. The number of rotatable bonds is 3. The Kier molecular flexibility index (Phi) is 4.97. The van der Waals surface area contributed by atoms with Crippen molar-refractivity contribution in [1.82, 2.24) is 10.3 Å². The second-order valence-corrected chi connectivity index (χ2v) is 6.99. The number of benzene rings is 2. The van der Waals surface area contributed by atoms with Crippen molar-refractivity contribution in [3.8, 4) is 0 Å². The van der Waals surface area contributed by atoms with E-state index < -0.39 is 0 Å². The summed E-state index contributed by atoms with van der Waals surface area (Å²) in [6.07, 6.45) is 3.99. The van der Waals surface area contributed by atoms with Gasteiger partial charge in [0.25, 0.3) is 0 Å². The van der Waals surface area contributed by atoms with Gasteiger partial charge in [-0.2, -0.15) is 0 Å². The van der Waals surface area contributed by atoms with Gasteiger partial charge in [0.2, 0.25) is 0 Å². The molecule has 3 aromatic rings. The van der Waals surface area contributed by atoms with Crippen LogP contribution < -0.4 is 15.5 Å². The number of fused-ring (bicyclic) bond motifs is 1. The Bertz CT molecular complexity index is 883. The monoisotopic (exact) mass is 362 g/mol. The molecule has 2 heterocycles. The summed E-state index contributed by atoms with van der Waals surface area (Å²) in [5.74, 6) is 1.09. The summed E-state index contributed by atoms with van der Waals surface area (Å²) in [6.45, 7) is 1.96. The van der Waals surface area contributed by atoms with E-state index in [2.05, 4.69) is 50.8 Å². The van der Waals surface area contributed by atoms with E-state index in [1.807, 2.05) is 36.5 Å². The summed E-state index contributed by atoms with van der Waals surface area (Å²) in [5.41, 5.74) is 1.02. The number of aromatic nitrogens is 1. The van der Waals surface area contributed by atoms with E-state index in [0.717, 1.165) is 37.4 Å². The summed E-state index contributed by atoms with van der Waals surface area (Å²) in [7, 11) is 0. The molecule has 1 aliphatic rings. The zero-order valence-corrected chi connectivity index (χ0v) is 15.4. The minimum atomic E-state index is 0.393. The average molecular weight is 363 g/mol. The van der Waals surface area contributed by atoms with Gasteiger partial charge in [0.05, 0.1) is 0 Å². The largest absolute Gasteiger partial charge is 0.360 e. The van der Waals surface area contributed by atoms with Gasteiger partial charge in [0.1, 0.15) is 5.82 Å². The van der Waals surface area contributed by atoms with Crippen LogP contribution in [0.4, 0.5) is 11.5 Å². The van der Waals surface area contributed by atoms with Crippen molar-refractivity contribution < 1.29 is 0 Å². The number of nitrogens with one attached hydrogen (secondary N) is 2. The molecule has 1 aliphatic heterocycles. The molecule has 2 aromatic carbocycles. The number of pyridine rings is 1. The van der Waals surface area contributed by atoms with E-state index in [1.54, 1.807) is 0 Å². The van der Waals surface area contributed by atoms with E-state index in [4.69, 9.17) is 12.2 Å². The second-order valence-electron chi connectivity index (χ2n) is 6.58. The van der Waals surface area contributed by atoms with Crippen molar-refractivity contribution in [2.24, 2.45) is 0 Å². The minimum Gasteiger partial charge on any atom is -0.360 e. The Labute approximate surface area is 159 Å². The molecule has 5 heteroatoms. The number of anilines is 2. The first-order valence-corrected chi connectivity index (χ1v) is 9.42. The van der Waals surface area contributed by atoms with Gasteiger partial charge in [0, 0.05) is 36.4 Å². The maximum absolute atomic E-state index is 5.45. The van der Waals surface area contributed by atoms with Crippen LogP contribution in [-0.4, -0.2) is 29.2 Å². The molecule has 0 bridgehead atoms. The van der Waals surface area contributed by atoms with Crippen LogP contribution in [0.3, 0.4) is 0 Å². The predicted molar refractivity (Wildman–Crippen MR) is 113 cm³/mol. The van der Waals surface area contributed by atoms with Crippen LogP contribution in [-0.2, 0) is 0 Å². The highest BCUT2D eigenvalue weighted by atomic mass is 32.1. The first-order chi connectivity index (χ1) is 12.8. The van der Waals surface area contributed by atoms with E-state index >= 15 is 0 Å². The molecular weight excluding hydrogens is 340 g/mol. The zero-order valence-electron chi connectivity index (χ0n) is 14.6. The summed E-state index contributed by atoms with van der Waals surface area (Å²) < 4.78 is 0. The molecule has 0 radical (unpaired) electrons. The molecule has 0 unspecified atom stereocenters. The van der Waals surface area contributed by atoms with Crippen LogP contribution in [0.5, 0.6) is 0 Å². The number of nitrogens with zero attached hydrogens (tertiary/aromatic N) is 2. The maximum atomic E-state index is 5.45. The van der Waals surface area contributed by atoms with Crippen LogP contribution in [0, 0.1) is 0 Å². The molecule has 26 heavy (non-hydrogen) atoms. The van der Waals surface area contributed by atoms with Gasteiger partial charge < -0.3 is 15.5 Å². The lowest BCUT2D eigenvalue weighted by molar-refractivity contribution is 0.467. The summed E-state index contributed by atoms with van der Waals surface area (Å²) in [6, 6.07) is 20.9. The van der Waals surface area contributed by atoms with Gasteiger partial charge in [0.15, 0.2) is 5.11 Å². The van der Waals surface area contributed by atoms with Gasteiger partial charge >= 0.3 is 0 Å². The van der Waals surface area contributed by atoms with Gasteiger partial charge in [-0.05, 0) is 48.6 Å². The molecular formula is C21H22N4S. The van der Waals surface area contributed by atoms with Gasteiger partial charge in [-0.15, -0.1) is 0 Å². The molecule has 4 nitrogen and oxygen atoms in total. The molecule has 1 saturated heterocycles. The van der Waals surface area contributed by atoms with Gasteiger partial charge in [-0.3, -0.25) is 0 Å². The number of thiocarbonyl (C=S) groups is 1. The molecule has 1 fully saturated rings. The van der Waals surface area contributed by atoms with E-state index in [9.17, 15) is 0 Å². The fraction of sp³-hybridized carbons (Fsp3) is 0.238. The average Bonchev–Trinajstić information content (AvgIpc) is 2.69. The Balaban J connectivity index is 1.36. The number of hydrogen-bond donors (Lipinski definition) is 2. The quantitative estimate of drug-likeness (QED) is 0.684. The molecule has 1 aromatic heterocycles. The maximum Gasteiger partial charge on any atom is 0.170 e. The van der Waals surface area contributed by atoms with Gasteiger partial charge in [-0.1, -0.05) is 42.5 Å². The van der Waals surface area contributed by atoms with Crippen LogP contribution >= 0.6 is 12.2 Å². The SMILES string of the molecule is S=C(Nc1ccccc1)NC1CCN(c2nccc3ccccc23)CC1. The molecule has 0 saturated carbocycles. The standard InChI is InChI=1S/C21H22N4S/c26-21(23-17-7-2-1-3-8-17)24-18-11-14-25(15-12-18)20-19-9-5-4-6-16(19)10-13-22-20/h1-10,13,18H,11-12,14-15H2,(H2,23,24,26).